The third-order valence-corrected chi connectivity index (χ3v) is 5.03. The summed E-state index contributed by atoms with van der Waals surface area (Å²) < 4.78 is 27.5. The van der Waals surface area contributed by atoms with E-state index in [1.54, 1.807) is 11.0 Å². The highest BCUT2D eigenvalue weighted by molar-refractivity contribution is 5.89. The average Bonchev–Trinajstić information content (AvgIpc) is 3.07. The molecule has 1 amide bonds. The summed E-state index contributed by atoms with van der Waals surface area (Å²) in [5, 5.41) is 16.4. The molecule has 0 radical (unpaired) electrons. The van der Waals surface area contributed by atoms with Gasteiger partial charge in [-0.1, -0.05) is 30.4 Å². The van der Waals surface area contributed by atoms with Crippen LogP contribution in [-0.2, 0) is 4.79 Å². The Morgan fingerprint density at radius 2 is 2.09 bits per heavy atom. The highest BCUT2D eigenvalue weighted by Crippen LogP contribution is 2.26. The molecular formula is C23H27F2N5O2. The molecule has 9 heteroatoms. The van der Waals surface area contributed by atoms with Gasteiger partial charge in [-0.3, -0.25) is 20.1 Å². The first kappa shape index (κ1) is 23.5. The second kappa shape index (κ2) is 11.4. The van der Waals surface area contributed by atoms with Crippen molar-refractivity contribution in [3.63, 3.8) is 0 Å². The molecule has 2 aliphatic carbocycles. The van der Waals surface area contributed by atoms with E-state index in [0.29, 0.717) is 18.8 Å². The molecule has 0 saturated carbocycles. The number of fused-ring (bicyclic) bond motifs is 1. The predicted molar refractivity (Wildman–Crippen MR) is 121 cm³/mol. The molecule has 0 aromatic rings. The molecule has 1 heterocycles. The van der Waals surface area contributed by atoms with Gasteiger partial charge in [0, 0.05) is 24.6 Å². The number of hydrogen-bond acceptors (Lipinski definition) is 6. The minimum Gasteiger partial charge on any atom is -0.371 e. The molecule has 3 N–H and O–H groups in total. The first-order valence-corrected chi connectivity index (χ1v) is 10.4. The van der Waals surface area contributed by atoms with Crippen LogP contribution in [0.15, 0.2) is 82.0 Å². The van der Waals surface area contributed by atoms with Crippen LogP contribution in [0.2, 0.25) is 0 Å². The molecule has 0 saturated heterocycles. The maximum Gasteiger partial charge on any atom is 0.221 e. The molecule has 3 rings (SSSR count). The number of amides is 1. The number of aliphatic hydroxyl groups is 1. The van der Waals surface area contributed by atoms with E-state index in [1.807, 2.05) is 30.4 Å². The number of amidine groups is 1. The second-order valence-corrected chi connectivity index (χ2v) is 7.44. The van der Waals surface area contributed by atoms with Gasteiger partial charge in [-0.05, 0) is 44.0 Å². The first-order chi connectivity index (χ1) is 15.5. The fourth-order valence-electron chi connectivity index (χ4n) is 3.47. The predicted octanol–water partition coefficient (Wildman–Crippen LogP) is 2.43. The highest BCUT2D eigenvalue weighted by Gasteiger charge is 2.29. The fourth-order valence-corrected chi connectivity index (χ4v) is 3.47. The van der Waals surface area contributed by atoms with Crippen molar-refractivity contribution >= 4 is 18.5 Å². The second-order valence-electron chi connectivity index (χ2n) is 7.44. The van der Waals surface area contributed by atoms with Crippen LogP contribution in [-0.4, -0.2) is 60.5 Å². The normalized spacial score (nSPS) is 22.8. The highest BCUT2D eigenvalue weighted by atomic mass is 19.2. The zero-order valence-electron chi connectivity index (χ0n) is 17.6. The van der Waals surface area contributed by atoms with Crippen LogP contribution >= 0.6 is 0 Å². The third-order valence-electron chi connectivity index (χ3n) is 5.03. The van der Waals surface area contributed by atoms with Gasteiger partial charge in [-0.25, -0.2) is 8.78 Å². The van der Waals surface area contributed by atoms with Gasteiger partial charge in [0.1, 0.15) is 12.5 Å². The SMILES string of the molecule is C=NCNC(=O)CCCNC(O)C1=NC2C=CC=CC(=C2)N1CC1C=CC=C(F)C(F)=C1. The van der Waals surface area contributed by atoms with E-state index >= 15 is 0 Å². The molecule has 0 fully saturated rings. The van der Waals surface area contributed by atoms with E-state index in [9.17, 15) is 18.7 Å². The summed E-state index contributed by atoms with van der Waals surface area (Å²) in [7, 11) is 0. The molecular weight excluding hydrogens is 416 g/mol. The Morgan fingerprint density at radius 3 is 2.91 bits per heavy atom. The molecule has 3 aliphatic rings. The average molecular weight is 443 g/mol. The molecule has 3 unspecified atom stereocenters. The first-order valence-electron chi connectivity index (χ1n) is 10.4. The standard InChI is InChI=1S/C23H27F2N5O2/c1-26-15-28-21(31)10-5-11-27-23(32)22-29-17-7-2-3-8-18(13-17)30(22)14-16-6-4-9-19(24)20(25)12-16/h2-4,6-9,12-13,16-17,23,27,32H,1,5,10-11,14-15H2,(H,28,31). The zero-order valence-corrected chi connectivity index (χ0v) is 17.6. The van der Waals surface area contributed by atoms with Gasteiger partial charge < -0.3 is 15.3 Å². The van der Waals surface area contributed by atoms with Gasteiger partial charge in [0.2, 0.25) is 5.91 Å². The maximum atomic E-state index is 13.9. The lowest BCUT2D eigenvalue weighted by atomic mass is 10.1. The molecule has 0 spiro atoms. The Kier molecular flexibility index (Phi) is 8.41. The Balaban J connectivity index is 1.67. The van der Waals surface area contributed by atoms with Gasteiger partial charge in [0.25, 0.3) is 0 Å². The molecule has 7 nitrogen and oxygen atoms in total. The van der Waals surface area contributed by atoms with Crippen LogP contribution in [0.3, 0.4) is 0 Å². The fraction of sp³-hybridized carbons (Fsp3) is 0.348. The number of nitrogens with one attached hydrogen (secondary N) is 2. The summed E-state index contributed by atoms with van der Waals surface area (Å²) in [4.78, 5) is 21.6. The molecule has 1 aliphatic heterocycles. The third kappa shape index (κ3) is 6.41. The van der Waals surface area contributed by atoms with E-state index in [4.69, 9.17) is 0 Å². The van der Waals surface area contributed by atoms with Gasteiger partial charge in [-0.2, -0.15) is 0 Å². The lowest BCUT2D eigenvalue weighted by molar-refractivity contribution is -0.121. The van der Waals surface area contributed by atoms with E-state index in [0.717, 1.165) is 11.8 Å². The summed E-state index contributed by atoms with van der Waals surface area (Å²) in [6.45, 7) is 4.12. The number of carbonyl (C=O) groups excluding carboxylic acids is 1. The van der Waals surface area contributed by atoms with Crippen LogP contribution in [0.25, 0.3) is 0 Å². The Labute approximate surface area is 186 Å². The van der Waals surface area contributed by atoms with Crippen molar-refractivity contribution in [2.24, 2.45) is 15.9 Å². The number of rotatable bonds is 10. The summed E-state index contributed by atoms with van der Waals surface area (Å²) in [5.41, 5.74) is 0.807. The summed E-state index contributed by atoms with van der Waals surface area (Å²) >= 11 is 0. The van der Waals surface area contributed by atoms with E-state index in [2.05, 4.69) is 27.3 Å². The number of aliphatic hydroxyl groups excluding tert-OH is 1. The molecule has 2 bridgehead atoms. The quantitative estimate of drug-likeness (QED) is 0.275. The van der Waals surface area contributed by atoms with Crippen molar-refractivity contribution < 1.29 is 18.7 Å². The number of allylic oxidation sites excluding steroid dienone is 7. The molecule has 0 aromatic heterocycles. The minimum absolute atomic E-state index is 0.147. The summed E-state index contributed by atoms with van der Waals surface area (Å²) in [6.07, 6.45) is 14.6. The molecule has 170 valence electrons. The number of carbonyl (C=O) groups is 1. The smallest absolute Gasteiger partial charge is 0.221 e. The van der Waals surface area contributed by atoms with Gasteiger partial charge in [0.15, 0.2) is 17.9 Å². The lowest BCUT2D eigenvalue weighted by Gasteiger charge is -2.35. The Hall–Kier alpha value is -3.17. The van der Waals surface area contributed by atoms with Crippen molar-refractivity contribution in [2.45, 2.75) is 25.1 Å². The monoisotopic (exact) mass is 443 g/mol. The lowest BCUT2D eigenvalue weighted by Crippen LogP contribution is -2.49. The van der Waals surface area contributed by atoms with Gasteiger partial charge in [-0.15, -0.1) is 0 Å². The van der Waals surface area contributed by atoms with Crippen LogP contribution in [0.4, 0.5) is 8.78 Å². The van der Waals surface area contributed by atoms with Crippen molar-refractivity contribution in [1.29, 1.82) is 0 Å². The van der Waals surface area contributed by atoms with Crippen LogP contribution in [0.1, 0.15) is 12.8 Å². The topological polar surface area (TPSA) is 89.3 Å². The largest absolute Gasteiger partial charge is 0.371 e. The number of aliphatic imine (C=N–C) groups is 2. The van der Waals surface area contributed by atoms with Crippen LogP contribution < -0.4 is 10.6 Å². The number of nitrogens with zero attached hydrogens (tertiary/aromatic N) is 3. The van der Waals surface area contributed by atoms with Crippen molar-refractivity contribution in [3.8, 4) is 0 Å². The maximum absolute atomic E-state index is 13.9. The van der Waals surface area contributed by atoms with Crippen molar-refractivity contribution in [1.82, 2.24) is 15.5 Å². The number of halogens is 2. The van der Waals surface area contributed by atoms with Crippen LogP contribution in [0, 0.1) is 5.92 Å². The molecule has 0 aromatic carbocycles. The van der Waals surface area contributed by atoms with Crippen molar-refractivity contribution in [2.75, 3.05) is 19.8 Å². The molecule has 32 heavy (non-hydrogen) atoms. The van der Waals surface area contributed by atoms with E-state index in [-0.39, 0.29) is 31.6 Å². The Morgan fingerprint density at radius 1 is 1.25 bits per heavy atom. The summed E-state index contributed by atoms with van der Waals surface area (Å²) in [5.74, 6) is -2.02. The minimum atomic E-state index is -1.10. The Bertz CT molecular complexity index is 933. The van der Waals surface area contributed by atoms with E-state index < -0.39 is 23.8 Å². The van der Waals surface area contributed by atoms with Gasteiger partial charge in [0.05, 0.1) is 6.04 Å². The summed E-state index contributed by atoms with van der Waals surface area (Å²) in [6, 6.07) is -0.240. The zero-order chi connectivity index (χ0) is 22.9. The number of hydrogen-bond donors (Lipinski definition) is 3. The van der Waals surface area contributed by atoms with Crippen molar-refractivity contribution in [3.05, 3.63) is 72.0 Å². The van der Waals surface area contributed by atoms with Crippen LogP contribution in [0.5, 0.6) is 0 Å². The molecule has 3 atom stereocenters. The van der Waals surface area contributed by atoms with E-state index in [1.165, 1.54) is 12.2 Å². The van der Waals surface area contributed by atoms with Gasteiger partial charge >= 0.3 is 0 Å².